The molecular weight excluding hydrogens is 198 g/mol. The van der Waals surface area contributed by atoms with Crippen molar-refractivity contribution in [3.8, 4) is 0 Å². The van der Waals surface area contributed by atoms with Gasteiger partial charge in [-0.25, -0.2) is 0 Å². The first-order valence-electron chi connectivity index (χ1n) is 5.40. The van der Waals surface area contributed by atoms with Crippen LogP contribution < -0.4 is 5.43 Å². The number of benzene rings is 1. The van der Waals surface area contributed by atoms with E-state index in [0.29, 0.717) is 0 Å². The highest BCUT2D eigenvalue weighted by molar-refractivity contribution is 5.26. The Morgan fingerprint density at radius 2 is 1.81 bits per heavy atom. The van der Waals surface area contributed by atoms with Crippen molar-refractivity contribution in [2.75, 3.05) is 0 Å². The van der Waals surface area contributed by atoms with Crippen molar-refractivity contribution in [1.29, 1.82) is 0 Å². The Balaban J connectivity index is 2.33. The molecule has 0 aliphatic carbocycles. The van der Waals surface area contributed by atoms with Gasteiger partial charge in [-0.05, 0) is 19.4 Å². The lowest BCUT2D eigenvalue weighted by Gasteiger charge is -2.05. The summed E-state index contributed by atoms with van der Waals surface area (Å²) in [5.74, 6) is 0. The summed E-state index contributed by atoms with van der Waals surface area (Å²) in [6, 6.07) is 11.8. The zero-order valence-electron chi connectivity index (χ0n) is 9.58. The molecule has 0 aliphatic heterocycles. The first kappa shape index (κ1) is 10.7. The number of hydrogen-bond acceptors (Lipinski definition) is 1. The summed E-state index contributed by atoms with van der Waals surface area (Å²) in [5, 5.41) is 0. The predicted octanol–water partition coefficient (Wildman–Crippen LogP) is 2.58. The summed E-state index contributed by atoms with van der Waals surface area (Å²) in [5.41, 5.74) is 4.05. The Morgan fingerprint density at radius 3 is 2.44 bits per heavy atom. The van der Waals surface area contributed by atoms with E-state index < -0.39 is 0 Å². The van der Waals surface area contributed by atoms with Crippen LogP contribution in [0.1, 0.15) is 22.5 Å². The average Bonchev–Trinajstić information content (AvgIpc) is 2.27. The van der Waals surface area contributed by atoms with Gasteiger partial charge in [0.05, 0.1) is 0 Å². The van der Waals surface area contributed by atoms with Crippen molar-refractivity contribution in [2.24, 2.45) is 0 Å². The molecule has 1 heterocycles. The predicted molar refractivity (Wildman–Crippen MR) is 65.8 cm³/mol. The van der Waals surface area contributed by atoms with E-state index in [4.69, 9.17) is 0 Å². The van der Waals surface area contributed by atoms with Crippen LogP contribution in [0.4, 0.5) is 0 Å². The topological polar surface area (TPSA) is 32.9 Å². The highest BCUT2D eigenvalue weighted by Crippen LogP contribution is 2.07. The van der Waals surface area contributed by atoms with Gasteiger partial charge in [0, 0.05) is 29.4 Å². The van der Waals surface area contributed by atoms with Crippen molar-refractivity contribution < 1.29 is 0 Å². The van der Waals surface area contributed by atoms with E-state index in [1.165, 1.54) is 5.56 Å². The highest BCUT2D eigenvalue weighted by Gasteiger charge is 2.02. The van der Waals surface area contributed by atoms with Gasteiger partial charge < -0.3 is 4.98 Å². The third-order valence-electron chi connectivity index (χ3n) is 2.82. The molecule has 0 atom stereocenters. The van der Waals surface area contributed by atoms with Gasteiger partial charge in [-0.3, -0.25) is 4.79 Å². The van der Waals surface area contributed by atoms with Crippen molar-refractivity contribution in [1.82, 2.24) is 4.98 Å². The number of hydrogen-bond donors (Lipinski definition) is 1. The third kappa shape index (κ3) is 2.22. The van der Waals surface area contributed by atoms with Crippen molar-refractivity contribution in [2.45, 2.75) is 20.3 Å². The smallest absolute Gasteiger partial charge is 0.184 e. The van der Waals surface area contributed by atoms with E-state index in [9.17, 15) is 4.79 Å². The lowest BCUT2D eigenvalue weighted by Crippen LogP contribution is -2.10. The maximum atomic E-state index is 11.6. The summed E-state index contributed by atoms with van der Waals surface area (Å²) in [6.45, 7) is 3.78. The zero-order valence-corrected chi connectivity index (χ0v) is 9.58. The minimum atomic E-state index is 0.113. The number of pyridine rings is 1. The molecule has 16 heavy (non-hydrogen) atoms. The normalized spacial score (nSPS) is 10.4. The second-order valence-electron chi connectivity index (χ2n) is 4.07. The molecule has 2 rings (SSSR count). The van der Waals surface area contributed by atoms with Gasteiger partial charge in [0.15, 0.2) is 5.43 Å². The molecule has 1 N–H and O–H groups in total. The van der Waals surface area contributed by atoms with Gasteiger partial charge in [0.1, 0.15) is 0 Å². The average molecular weight is 213 g/mol. The standard InChI is InChI=1S/C14H15NO/c1-10-11(2)15-13(9-14(10)16)8-12-6-4-3-5-7-12/h3-7,9H,8H2,1-2H3,(H,15,16). The van der Waals surface area contributed by atoms with Crippen LogP contribution in [0.15, 0.2) is 41.2 Å². The molecule has 0 amide bonds. The van der Waals surface area contributed by atoms with Crippen molar-refractivity contribution in [3.63, 3.8) is 0 Å². The van der Waals surface area contributed by atoms with E-state index in [1.54, 1.807) is 6.07 Å². The molecule has 0 fully saturated rings. The molecule has 1 aromatic heterocycles. The summed E-state index contributed by atoms with van der Waals surface area (Å²) in [6.07, 6.45) is 0.775. The van der Waals surface area contributed by atoms with E-state index >= 15 is 0 Å². The quantitative estimate of drug-likeness (QED) is 0.817. The second-order valence-corrected chi connectivity index (χ2v) is 4.07. The number of rotatable bonds is 2. The van der Waals surface area contributed by atoms with Crippen LogP contribution in [-0.4, -0.2) is 4.98 Å². The number of aromatic amines is 1. The summed E-state index contributed by atoms with van der Waals surface area (Å²) >= 11 is 0. The van der Waals surface area contributed by atoms with E-state index in [2.05, 4.69) is 17.1 Å². The van der Waals surface area contributed by atoms with Gasteiger partial charge in [-0.2, -0.15) is 0 Å². The lowest BCUT2D eigenvalue weighted by molar-refractivity contribution is 1.01. The van der Waals surface area contributed by atoms with Crippen LogP contribution in [0.25, 0.3) is 0 Å². The minimum Gasteiger partial charge on any atom is -0.362 e. The van der Waals surface area contributed by atoms with Gasteiger partial charge in [0.2, 0.25) is 0 Å². The molecule has 0 aliphatic rings. The summed E-state index contributed by atoms with van der Waals surface area (Å²) in [4.78, 5) is 14.9. The van der Waals surface area contributed by atoms with Crippen LogP contribution in [0.2, 0.25) is 0 Å². The van der Waals surface area contributed by atoms with Crippen LogP contribution in [0.3, 0.4) is 0 Å². The maximum absolute atomic E-state index is 11.6. The fourth-order valence-corrected chi connectivity index (χ4v) is 1.73. The molecular formula is C14H15NO. The molecule has 1 aromatic carbocycles. The lowest BCUT2D eigenvalue weighted by atomic mass is 10.1. The Kier molecular flexibility index (Phi) is 2.91. The molecule has 0 saturated carbocycles. The third-order valence-corrected chi connectivity index (χ3v) is 2.82. The second kappa shape index (κ2) is 4.35. The summed E-state index contributed by atoms with van der Waals surface area (Å²) in [7, 11) is 0. The van der Waals surface area contributed by atoms with Gasteiger partial charge in [0.25, 0.3) is 0 Å². The Hall–Kier alpha value is -1.83. The number of H-pyrrole nitrogens is 1. The highest BCUT2D eigenvalue weighted by atomic mass is 16.1. The van der Waals surface area contributed by atoms with E-state index in [1.807, 2.05) is 32.0 Å². The van der Waals surface area contributed by atoms with E-state index in [0.717, 1.165) is 23.4 Å². The minimum absolute atomic E-state index is 0.113. The van der Waals surface area contributed by atoms with Gasteiger partial charge in [-0.1, -0.05) is 30.3 Å². The Bertz CT molecular complexity index is 540. The first-order valence-corrected chi connectivity index (χ1v) is 5.40. The molecule has 2 aromatic rings. The maximum Gasteiger partial charge on any atom is 0.184 e. The molecule has 0 bridgehead atoms. The molecule has 0 unspecified atom stereocenters. The van der Waals surface area contributed by atoms with Crippen LogP contribution in [0.5, 0.6) is 0 Å². The number of aromatic nitrogens is 1. The van der Waals surface area contributed by atoms with Crippen LogP contribution in [0, 0.1) is 13.8 Å². The van der Waals surface area contributed by atoms with Crippen LogP contribution in [-0.2, 0) is 6.42 Å². The Morgan fingerprint density at radius 1 is 1.12 bits per heavy atom. The number of aryl methyl sites for hydroxylation is 1. The molecule has 82 valence electrons. The fraction of sp³-hybridized carbons (Fsp3) is 0.214. The SMILES string of the molecule is Cc1[nH]c(Cc2ccccc2)cc(=O)c1C. The van der Waals surface area contributed by atoms with Gasteiger partial charge in [-0.15, -0.1) is 0 Å². The van der Waals surface area contributed by atoms with E-state index in [-0.39, 0.29) is 5.43 Å². The molecule has 2 nitrogen and oxygen atoms in total. The number of nitrogens with one attached hydrogen (secondary N) is 1. The molecule has 0 spiro atoms. The molecule has 0 saturated heterocycles. The first-order chi connectivity index (χ1) is 7.66. The van der Waals surface area contributed by atoms with Crippen LogP contribution >= 0.6 is 0 Å². The zero-order chi connectivity index (χ0) is 11.5. The monoisotopic (exact) mass is 213 g/mol. The van der Waals surface area contributed by atoms with Gasteiger partial charge >= 0.3 is 0 Å². The largest absolute Gasteiger partial charge is 0.362 e. The molecule has 2 heteroatoms. The molecule has 0 radical (unpaired) electrons. The summed E-state index contributed by atoms with van der Waals surface area (Å²) < 4.78 is 0. The van der Waals surface area contributed by atoms with Crippen molar-refractivity contribution in [3.05, 3.63) is 69.1 Å². The fourth-order valence-electron chi connectivity index (χ4n) is 1.73. The Labute approximate surface area is 95.0 Å². The van der Waals surface area contributed by atoms with Crippen molar-refractivity contribution >= 4 is 0 Å².